The molecule has 0 fully saturated rings. The summed E-state index contributed by atoms with van der Waals surface area (Å²) in [4.78, 5) is 2.52. The van der Waals surface area contributed by atoms with Crippen LogP contribution in [-0.4, -0.2) is 40.1 Å². The number of sulfonamides is 1. The molecule has 2 heterocycles. The van der Waals surface area contributed by atoms with E-state index in [1.807, 2.05) is 12.1 Å². The summed E-state index contributed by atoms with van der Waals surface area (Å²) in [6.45, 7) is 4.77. The van der Waals surface area contributed by atoms with Crippen LogP contribution < -0.4 is 4.72 Å². The van der Waals surface area contributed by atoms with E-state index >= 15 is 0 Å². The lowest BCUT2D eigenvalue weighted by molar-refractivity contribution is 0.285. The van der Waals surface area contributed by atoms with Crippen molar-refractivity contribution < 1.29 is 8.42 Å². The molecular weight excluding hydrogens is 364 g/mol. The molecule has 1 aromatic heterocycles. The number of hydrogen-bond acceptors (Lipinski definition) is 6. The van der Waals surface area contributed by atoms with Gasteiger partial charge in [-0.15, -0.1) is 5.10 Å². The predicted molar refractivity (Wildman–Crippen MR) is 101 cm³/mol. The highest BCUT2D eigenvalue weighted by atomic mass is 32.2. The summed E-state index contributed by atoms with van der Waals surface area (Å²) in [6.07, 6.45) is 2.53. The van der Waals surface area contributed by atoms with Crippen molar-refractivity contribution in [2.75, 3.05) is 11.3 Å². The number of fused-ring (bicyclic) bond motifs is 1. The Hall–Kier alpha value is -2.78. The third kappa shape index (κ3) is 3.56. The van der Waals surface area contributed by atoms with Crippen LogP contribution in [0.4, 0.5) is 5.69 Å². The van der Waals surface area contributed by atoms with Gasteiger partial charge < -0.3 is 0 Å². The Balaban J connectivity index is 1.57. The van der Waals surface area contributed by atoms with Gasteiger partial charge >= 0.3 is 0 Å². The fourth-order valence-corrected chi connectivity index (χ4v) is 4.41. The first-order valence-electron chi connectivity index (χ1n) is 8.76. The lowest BCUT2D eigenvalue weighted by Gasteiger charge is -2.14. The van der Waals surface area contributed by atoms with Crippen molar-refractivity contribution in [3.05, 3.63) is 59.9 Å². The van der Waals surface area contributed by atoms with Gasteiger partial charge in [-0.2, -0.15) is 0 Å². The molecule has 2 aromatic carbocycles. The van der Waals surface area contributed by atoms with Gasteiger partial charge in [0, 0.05) is 13.1 Å². The fraction of sp³-hybridized carbons (Fsp3) is 0.278. The number of tetrazole rings is 1. The number of nitrogens with one attached hydrogen (secondary N) is 1. The van der Waals surface area contributed by atoms with E-state index in [0.717, 1.165) is 31.6 Å². The first kappa shape index (κ1) is 17.6. The summed E-state index contributed by atoms with van der Waals surface area (Å²) in [7, 11) is -3.68. The van der Waals surface area contributed by atoms with Crippen molar-refractivity contribution in [2.45, 2.75) is 31.3 Å². The summed E-state index contributed by atoms with van der Waals surface area (Å²) in [5.74, 6) is 0. The third-order valence-electron chi connectivity index (χ3n) is 4.59. The van der Waals surface area contributed by atoms with Crippen LogP contribution in [0.3, 0.4) is 0 Å². The maximum Gasteiger partial charge on any atom is 0.261 e. The zero-order valence-electron chi connectivity index (χ0n) is 14.9. The Bertz CT molecular complexity index is 1030. The molecule has 0 unspecified atom stereocenters. The second-order valence-electron chi connectivity index (χ2n) is 6.51. The zero-order chi connectivity index (χ0) is 18.9. The molecule has 0 aliphatic carbocycles. The number of hydrogen-bond donors (Lipinski definition) is 1. The molecule has 0 amide bonds. The minimum Gasteiger partial charge on any atom is -0.295 e. The average molecular weight is 384 g/mol. The molecule has 0 atom stereocenters. The van der Waals surface area contributed by atoms with E-state index in [-0.39, 0.29) is 4.90 Å². The van der Waals surface area contributed by atoms with Gasteiger partial charge in [0.15, 0.2) is 0 Å². The Morgan fingerprint density at radius 3 is 2.63 bits per heavy atom. The van der Waals surface area contributed by atoms with Crippen LogP contribution in [0.25, 0.3) is 5.69 Å². The number of aromatic nitrogens is 4. The van der Waals surface area contributed by atoms with Crippen LogP contribution in [0.2, 0.25) is 0 Å². The van der Waals surface area contributed by atoms with Crippen molar-refractivity contribution in [2.24, 2.45) is 0 Å². The highest BCUT2D eigenvalue weighted by Gasteiger charge is 2.23. The van der Waals surface area contributed by atoms with E-state index in [1.165, 1.54) is 16.6 Å². The molecule has 140 valence electrons. The number of rotatable bonds is 6. The molecule has 1 aliphatic rings. The van der Waals surface area contributed by atoms with Gasteiger partial charge in [-0.25, -0.2) is 13.1 Å². The Morgan fingerprint density at radius 2 is 1.93 bits per heavy atom. The highest BCUT2D eigenvalue weighted by molar-refractivity contribution is 7.92. The van der Waals surface area contributed by atoms with Gasteiger partial charge in [-0.05, 0) is 64.9 Å². The predicted octanol–water partition coefficient (Wildman–Crippen LogP) is 2.19. The average Bonchev–Trinajstić information content (AvgIpc) is 3.32. The van der Waals surface area contributed by atoms with E-state index in [2.05, 4.69) is 38.1 Å². The van der Waals surface area contributed by atoms with Gasteiger partial charge in [0.1, 0.15) is 6.33 Å². The maximum absolute atomic E-state index is 12.8. The number of anilines is 1. The van der Waals surface area contributed by atoms with Gasteiger partial charge in [0.25, 0.3) is 10.0 Å². The summed E-state index contributed by atoms with van der Waals surface area (Å²) in [6, 6.07) is 12.2. The van der Waals surface area contributed by atoms with Gasteiger partial charge in [-0.3, -0.25) is 9.62 Å². The van der Waals surface area contributed by atoms with Crippen LogP contribution in [0.5, 0.6) is 0 Å². The van der Waals surface area contributed by atoms with E-state index in [0.29, 0.717) is 11.4 Å². The molecule has 1 aliphatic heterocycles. The second kappa shape index (κ2) is 7.09. The summed E-state index contributed by atoms with van der Waals surface area (Å²) in [5, 5.41) is 10.9. The molecule has 0 spiro atoms. The summed E-state index contributed by atoms with van der Waals surface area (Å²) >= 11 is 0. The normalized spacial score (nSPS) is 14.3. The van der Waals surface area contributed by atoms with Gasteiger partial charge in [0.05, 0.1) is 16.3 Å². The molecule has 8 nitrogen and oxygen atoms in total. The summed E-state index contributed by atoms with van der Waals surface area (Å²) < 4.78 is 29.9. The SMILES string of the molecule is CCCN1Cc2cccc(NS(=O)(=O)c3ccc(-n4cnnn4)cc3)c2C1. The quantitative estimate of drug-likeness (QED) is 0.700. The lowest BCUT2D eigenvalue weighted by Crippen LogP contribution is -2.17. The minimum absolute atomic E-state index is 0.195. The van der Waals surface area contributed by atoms with Crippen LogP contribution in [-0.2, 0) is 23.1 Å². The highest BCUT2D eigenvalue weighted by Crippen LogP contribution is 2.30. The Morgan fingerprint density at radius 1 is 1.11 bits per heavy atom. The first-order valence-corrected chi connectivity index (χ1v) is 10.2. The van der Waals surface area contributed by atoms with Gasteiger partial charge in [-0.1, -0.05) is 19.1 Å². The van der Waals surface area contributed by atoms with E-state index < -0.39 is 10.0 Å². The topological polar surface area (TPSA) is 93.0 Å². The van der Waals surface area contributed by atoms with Crippen LogP contribution in [0.1, 0.15) is 24.5 Å². The smallest absolute Gasteiger partial charge is 0.261 e. The van der Waals surface area contributed by atoms with Gasteiger partial charge in [0.2, 0.25) is 0 Å². The van der Waals surface area contributed by atoms with Crippen LogP contribution >= 0.6 is 0 Å². The zero-order valence-corrected chi connectivity index (χ0v) is 15.7. The molecule has 0 radical (unpaired) electrons. The molecule has 0 saturated heterocycles. The molecule has 4 rings (SSSR count). The third-order valence-corrected chi connectivity index (χ3v) is 5.97. The number of benzene rings is 2. The molecule has 27 heavy (non-hydrogen) atoms. The molecule has 9 heteroatoms. The lowest BCUT2D eigenvalue weighted by atomic mass is 10.1. The van der Waals surface area contributed by atoms with E-state index in [1.54, 1.807) is 24.3 Å². The van der Waals surface area contributed by atoms with Crippen molar-refractivity contribution >= 4 is 15.7 Å². The largest absolute Gasteiger partial charge is 0.295 e. The van der Waals surface area contributed by atoms with Crippen molar-refractivity contribution in [1.29, 1.82) is 0 Å². The molecule has 0 bridgehead atoms. The first-order chi connectivity index (χ1) is 13.1. The number of nitrogens with zero attached hydrogens (tertiary/aromatic N) is 5. The van der Waals surface area contributed by atoms with Crippen molar-refractivity contribution in [1.82, 2.24) is 25.1 Å². The van der Waals surface area contributed by atoms with E-state index in [4.69, 9.17) is 0 Å². The second-order valence-corrected chi connectivity index (χ2v) is 8.19. The Labute approximate surface area is 157 Å². The molecule has 0 saturated carbocycles. The Kier molecular flexibility index (Phi) is 4.63. The molecular formula is C18H20N6O2S. The molecule has 3 aromatic rings. The monoisotopic (exact) mass is 384 g/mol. The fourth-order valence-electron chi connectivity index (χ4n) is 3.32. The van der Waals surface area contributed by atoms with Crippen molar-refractivity contribution in [3.8, 4) is 5.69 Å². The van der Waals surface area contributed by atoms with Crippen LogP contribution in [0, 0.1) is 0 Å². The minimum atomic E-state index is -3.68. The standard InChI is InChI=1S/C18H20N6O2S/c1-2-10-23-11-14-4-3-5-18(17(14)12-23)20-27(25,26)16-8-6-15(7-9-16)24-13-19-21-22-24/h3-9,13,20H,2,10-12H2,1H3. The maximum atomic E-state index is 12.8. The molecule has 1 N–H and O–H groups in total. The summed E-state index contributed by atoms with van der Waals surface area (Å²) in [5.41, 5.74) is 3.57. The van der Waals surface area contributed by atoms with E-state index in [9.17, 15) is 8.42 Å². The van der Waals surface area contributed by atoms with Crippen LogP contribution in [0.15, 0.2) is 53.7 Å². The van der Waals surface area contributed by atoms with Crippen molar-refractivity contribution in [3.63, 3.8) is 0 Å².